The van der Waals surface area contributed by atoms with E-state index in [1.54, 1.807) is 23.1 Å². The zero-order valence-electron chi connectivity index (χ0n) is 19.7. The molecule has 2 aromatic carbocycles. The Morgan fingerprint density at radius 3 is 2.29 bits per heavy atom. The highest BCUT2D eigenvalue weighted by Crippen LogP contribution is 2.40. The Labute approximate surface area is 200 Å². The van der Waals surface area contributed by atoms with Crippen molar-refractivity contribution in [2.24, 2.45) is 0 Å². The smallest absolute Gasteiger partial charge is 0.233 e. The predicted molar refractivity (Wildman–Crippen MR) is 129 cm³/mol. The van der Waals surface area contributed by atoms with Crippen LogP contribution in [-0.2, 0) is 14.9 Å². The summed E-state index contributed by atoms with van der Waals surface area (Å²) in [6, 6.07) is 17.0. The van der Waals surface area contributed by atoms with Gasteiger partial charge in [-0.3, -0.25) is 9.69 Å². The number of nitrogens with zero attached hydrogens (tertiary/aromatic N) is 3. The number of hydrogen-bond donors (Lipinski definition) is 1. The molecule has 0 unspecified atom stereocenters. The molecule has 6 nitrogen and oxygen atoms in total. The molecule has 7 heteroatoms. The molecule has 182 valence electrons. The van der Waals surface area contributed by atoms with Crippen LogP contribution in [0.2, 0.25) is 0 Å². The third-order valence-electron chi connectivity index (χ3n) is 7.78. The number of piperazine rings is 1. The van der Waals surface area contributed by atoms with Gasteiger partial charge in [0.2, 0.25) is 5.91 Å². The summed E-state index contributed by atoms with van der Waals surface area (Å²) in [6.07, 6.45) is 1.47. The van der Waals surface area contributed by atoms with E-state index >= 15 is 0 Å². The van der Waals surface area contributed by atoms with Crippen molar-refractivity contribution in [1.29, 1.82) is 0 Å². The Morgan fingerprint density at radius 2 is 1.59 bits per heavy atom. The third kappa shape index (κ3) is 4.57. The molecule has 3 aliphatic heterocycles. The Bertz CT molecular complexity index is 990. The predicted octanol–water partition coefficient (Wildman–Crippen LogP) is 2.66. The summed E-state index contributed by atoms with van der Waals surface area (Å²) in [6.45, 7) is 5.79. The lowest BCUT2D eigenvalue weighted by molar-refractivity contribution is -0.141. The molecule has 0 bridgehead atoms. The van der Waals surface area contributed by atoms with Crippen molar-refractivity contribution in [3.8, 4) is 0 Å². The molecule has 1 atom stereocenters. The third-order valence-corrected chi connectivity index (χ3v) is 7.78. The first-order chi connectivity index (χ1) is 16.5. The quantitative estimate of drug-likeness (QED) is 0.733. The van der Waals surface area contributed by atoms with Crippen LogP contribution in [0.3, 0.4) is 0 Å². The van der Waals surface area contributed by atoms with Crippen molar-refractivity contribution >= 4 is 11.6 Å². The highest BCUT2D eigenvalue weighted by atomic mass is 19.1. The van der Waals surface area contributed by atoms with Crippen molar-refractivity contribution in [3.05, 3.63) is 66.0 Å². The lowest BCUT2D eigenvalue weighted by Crippen LogP contribution is -2.54. The van der Waals surface area contributed by atoms with Gasteiger partial charge in [0.05, 0.1) is 17.6 Å². The second-order valence-electron chi connectivity index (χ2n) is 9.97. The molecular formula is C27H34FN3O3. The lowest BCUT2D eigenvalue weighted by Gasteiger charge is -2.40. The van der Waals surface area contributed by atoms with Gasteiger partial charge < -0.3 is 19.6 Å². The first-order valence-corrected chi connectivity index (χ1v) is 12.4. The molecule has 1 N–H and O–H groups in total. The van der Waals surface area contributed by atoms with E-state index in [0.29, 0.717) is 57.7 Å². The molecular weight excluding hydrogens is 433 g/mol. The molecule has 0 aromatic heterocycles. The van der Waals surface area contributed by atoms with Gasteiger partial charge in [-0.05, 0) is 37.5 Å². The molecule has 2 aromatic rings. The Hall–Kier alpha value is -2.48. The average Bonchev–Trinajstić information content (AvgIpc) is 3.26. The van der Waals surface area contributed by atoms with Crippen LogP contribution in [0.5, 0.6) is 0 Å². The summed E-state index contributed by atoms with van der Waals surface area (Å²) in [5.41, 5.74) is -0.174. The Kier molecular flexibility index (Phi) is 6.60. The Balaban J connectivity index is 1.24. The van der Waals surface area contributed by atoms with Gasteiger partial charge in [-0.1, -0.05) is 36.4 Å². The summed E-state index contributed by atoms with van der Waals surface area (Å²) < 4.78 is 20.3. The first-order valence-electron chi connectivity index (χ1n) is 12.4. The molecule has 3 aliphatic rings. The maximum absolute atomic E-state index is 14.8. The zero-order valence-corrected chi connectivity index (χ0v) is 19.7. The SMILES string of the molecule is O=C(N1CC[C@@](O)(CN2CCN(c3ccccc3)CC2)C1)C1(c2ccccc2F)CCOCC1. The van der Waals surface area contributed by atoms with Crippen LogP contribution < -0.4 is 4.90 Å². The summed E-state index contributed by atoms with van der Waals surface area (Å²) in [5.74, 6) is -0.422. The molecule has 3 saturated heterocycles. The number of para-hydroxylation sites is 1. The van der Waals surface area contributed by atoms with Crippen molar-refractivity contribution in [2.75, 3.05) is 63.9 Å². The number of carbonyl (C=O) groups excluding carboxylic acids is 1. The highest BCUT2D eigenvalue weighted by molar-refractivity contribution is 5.89. The van der Waals surface area contributed by atoms with Gasteiger partial charge in [-0.25, -0.2) is 4.39 Å². The first kappa shape index (κ1) is 23.3. The molecule has 0 saturated carbocycles. The van der Waals surface area contributed by atoms with E-state index < -0.39 is 11.0 Å². The molecule has 34 heavy (non-hydrogen) atoms. The van der Waals surface area contributed by atoms with E-state index in [4.69, 9.17) is 4.74 Å². The van der Waals surface area contributed by atoms with Crippen LogP contribution in [0.4, 0.5) is 10.1 Å². The lowest BCUT2D eigenvalue weighted by atomic mass is 9.72. The van der Waals surface area contributed by atoms with Crippen LogP contribution in [0.25, 0.3) is 0 Å². The number of carbonyl (C=O) groups is 1. The Morgan fingerprint density at radius 1 is 0.912 bits per heavy atom. The van der Waals surface area contributed by atoms with Crippen LogP contribution in [0, 0.1) is 5.82 Å². The van der Waals surface area contributed by atoms with Gasteiger partial charge in [-0.15, -0.1) is 0 Å². The molecule has 0 aliphatic carbocycles. The van der Waals surface area contributed by atoms with E-state index in [9.17, 15) is 14.3 Å². The number of benzene rings is 2. The fourth-order valence-corrected chi connectivity index (χ4v) is 5.85. The highest BCUT2D eigenvalue weighted by Gasteiger charge is 2.49. The van der Waals surface area contributed by atoms with Gasteiger partial charge in [0.25, 0.3) is 0 Å². The van der Waals surface area contributed by atoms with Crippen molar-refractivity contribution in [2.45, 2.75) is 30.3 Å². The number of ether oxygens (including phenoxy) is 1. The fraction of sp³-hybridized carbons (Fsp3) is 0.519. The summed E-state index contributed by atoms with van der Waals surface area (Å²) >= 11 is 0. The van der Waals surface area contributed by atoms with E-state index in [0.717, 1.165) is 26.2 Å². The summed E-state index contributed by atoms with van der Waals surface area (Å²) in [5, 5.41) is 11.4. The number of halogens is 1. The number of anilines is 1. The second kappa shape index (κ2) is 9.64. The number of β-amino-alcohol motifs (C(OH)–C–C–N with tert-alkyl or cyclic N) is 1. The normalized spacial score (nSPS) is 25.5. The van der Waals surface area contributed by atoms with Crippen LogP contribution in [0.15, 0.2) is 54.6 Å². The fourth-order valence-electron chi connectivity index (χ4n) is 5.85. The molecule has 0 radical (unpaired) electrons. The number of aliphatic hydroxyl groups is 1. The average molecular weight is 468 g/mol. The minimum Gasteiger partial charge on any atom is -0.387 e. The monoisotopic (exact) mass is 467 g/mol. The summed E-state index contributed by atoms with van der Waals surface area (Å²) in [7, 11) is 0. The molecule has 3 fully saturated rings. The van der Waals surface area contributed by atoms with E-state index in [-0.39, 0.29) is 11.7 Å². The second-order valence-corrected chi connectivity index (χ2v) is 9.97. The van der Waals surface area contributed by atoms with Crippen LogP contribution in [0.1, 0.15) is 24.8 Å². The minimum atomic E-state index is -0.938. The van der Waals surface area contributed by atoms with E-state index in [1.165, 1.54) is 11.8 Å². The zero-order chi connectivity index (χ0) is 23.6. The molecule has 3 heterocycles. The van der Waals surface area contributed by atoms with Gasteiger partial charge in [0, 0.05) is 63.7 Å². The maximum atomic E-state index is 14.8. The van der Waals surface area contributed by atoms with Gasteiger partial charge in [0.1, 0.15) is 5.82 Å². The van der Waals surface area contributed by atoms with Gasteiger partial charge >= 0.3 is 0 Å². The molecule has 0 spiro atoms. The summed E-state index contributed by atoms with van der Waals surface area (Å²) in [4.78, 5) is 20.3. The number of hydrogen-bond acceptors (Lipinski definition) is 5. The minimum absolute atomic E-state index is 0.0780. The molecule has 1 amide bonds. The van der Waals surface area contributed by atoms with Crippen molar-refractivity contribution in [1.82, 2.24) is 9.80 Å². The number of likely N-dealkylation sites (tertiary alicyclic amines) is 1. The van der Waals surface area contributed by atoms with E-state index in [1.807, 2.05) is 6.07 Å². The number of rotatable bonds is 5. The van der Waals surface area contributed by atoms with Crippen molar-refractivity contribution in [3.63, 3.8) is 0 Å². The van der Waals surface area contributed by atoms with Crippen molar-refractivity contribution < 1.29 is 19.0 Å². The number of amides is 1. The topological polar surface area (TPSA) is 56.3 Å². The van der Waals surface area contributed by atoms with Gasteiger partial charge in [0.15, 0.2) is 0 Å². The van der Waals surface area contributed by atoms with Crippen LogP contribution >= 0.6 is 0 Å². The van der Waals surface area contributed by atoms with Crippen LogP contribution in [-0.4, -0.2) is 85.4 Å². The maximum Gasteiger partial charge on any atom is 0.233 e. The standard InChI is InChI=1S/C27H34FN3O3/c28-24-9-5-4-8-23(24)27(11-18-34-19-12-27)25(32)31-13-10-26(33,21-31)20-29-14-16-30(17-15-29)22-6-2-1-3-7-22/h1-9,33H,10-21H2/t26-/m1/s1. The largest absolute Gasteiger partial charge is 0.387 e. The molecule has 5 rings (SSSR count). The van der Waals surface area contributed by atoms with Gasteiger partial charge in [-0.2, -0.15) is 0 Å². The van der Waals surface area contributed by atoms with E-state index in [2.05, 4.69) is 34.1 Å².